The summed E-state index contributed by atoms with van der Waals surface area (Å²) in [5.41, 5.74) is -2.51. The minimum Gasteiger partial charge on any atom is -0.338 e. The maximum absolute atomic E-state index is 13.9. The average molecular weight is 317 g/mol. The molecule has 0 radical (unpaired) electrons. The predicted octanol–water partition coefficient (Wildman–Crippen LogP) is 0.829. The van der Waals surface area contributed by atoms with Crippen LogP contribution in [-0.4, -0.2) is 51.6 Å². The lowest BCUT2D eigenvalue weighted by atomic mass is 10.2. The first-order chi connectivity index (χ1) is 10.5. The van der Waals surface area contributed by atoms with Crippen LogP contribution in [0.4, 0.5) is 23.5 Å². The van der Waals surface area contributed by atoms with Gasteiger partial charge in [-0.3, -0.25) is 0 Å². The number of nitrogens with one attached hydrogen (secondary N) is 2. The number of alkyl halides is 3. The van der Waals surface area contributed by atoms with Gasteiger partial charge in [-0.1, -0.05) is 0 Å². The molecule has 1 aliphatic heterocycles. The molecule has 2 aromatic rings. The SMILES string of the molecule is Fc1cnc(N2CCNCC2)nc1-c1n[nH]nc1C(F)(F)F. The highest BCUT2D eigenvalue weighted by atomic mass is 19.4. The third-order valence-corrected chi connectivity index (χ3v) is 3.17. The maximum atomic E-state index is 13.9. The zero-order valence-electron chi connectivity index (χ0n) is 11.2. The van der Waals surface area contributed by atoms with Gasteiger partial charge in [0, 0.05) is 26.2 Å². The summed E-state index contributed by atoms with van der Waals surface area (Å²) in [6.07, 6.45) is -3.91. The van der Waals surface area contributed by atoms with Crippen LogP contribution >= 0.6 is 0 Å². The number of anilines is 1. The Hall–Kier alpha value is -2.30. The number of hydrogen-bond donors (Lipinski definition) is 2. The number of H-pyrrole nitrogens is 1. The lowest BCUT2D eigenvalue weighted by molar-refractivity contribution is -0.140. The lowest BCUT2D eigenvalue weighted by Gasteiger charge is -2.27. The monoisotopic (exact) mass is 317 g/mol. The normalized spacial score (nSPS) is 16.1. The van der Waals surface area contributed by atoms with E-state index < -0.39 is 29.1 Å². The molecule has 1 fully saturated rings. The van der Waals surface area contributed by atoms with Crippen LogP contribution in [0.5, 0.6) is 0 Å². The summed E-state index contributed by atoms with van der Waals surface area (Å²) in [5, 5.41) is 11.4. The Balaban J connectivity index is 2.02. The molecule has 0 atom stereocenters. The number of aromatic nitrogens is 5. The fourth-order valence-electron chi connectivity index (χ4n) is 2.13. The fraction of sp³-hybridized carbons (Fsp3) is 0.455. The molecule has 3 heterocycles. The van der Waals surface area contributed by atoms with E-state index >= 15 is 0 Å². The molecule has 2 aromatic heterocycles. The van der Waals surface area contributed by atoms with Crippen molar-refractivity contribution >= 4 is 5.95 Å². The molecule has 22 heavy (non-hydrogen) atoms. The predicted molar refractivity (Wildman–Crippen MR) is 67.5 cm³/mol. The Morgan fingerprint density at radius 1 is 1.09 bits per heavy atom. The van der Waals surface area contributed by atoms with Gasteiger partial charge < -0.3 is 10.2 Å². The molecule has 7 nitrogen and oxygen atoms in total. The summed E-state index contributed by atoms with van der Waals surface area (Å²) in [4.78, 5) is 9.50. The molecule has 0 unspecified atom stereocenters. The Morgan fingerprint density at radius 3 is 2.50 bits per heavy atom. The number of rotatable bonds is 2. The fourth-order valence-corrected chi connectivity index (χ4v) is 2.13. The van der Waals surface area contributed by atoms with Crippen molar-refractivity contribution in [2.75, 3.05) is 31.1 Å². The minimum absolute atomic E-state index is 0.161. The van der Waals surface area contributed by atoms with Crippen LogP contribution in [0.15, 0.2) is 6.20 Å². The van der Waals surface area contributed by atoms with Crippen molar-refractivity contribution in [3.8, 4) is 11.4 Å². The highest BCUT2D eigenvalue weighted by Gasteiger charge is 2.39. The van der Waals surface area contributed by atoms with Gasteiger partial charge in [-0.25, -0.2) is 14.4 Å². The topological polar surface area (TPSA) is 82.6 Å². The minimum atomic E-state index is -4.76. The average Bonchev–Trinajstić information content (AvgIpc) is 2.98. The third-order valence-electron chi connectivity index (χ3n) is 3.17. The third kappa shape index (κ3) is 2.71. The second-order valence-corrected chi connectivity index (χ2v) is 4.62. The van der Waals surface area contributed by atoms with Gasteiger partial charge in [-0.2, -0.15) is 28.6 Å². The summed E-state index contributed by atoms with van der Waals surface area (Å²) in [6.45, 7) is 2.54. The summed E-state index contributed by atoms with van der Waals surface area (Å²) >= 11 is 0. The molecular formula is C11H11F4N7. The molecule has 0 amide bonds. The van der Waals surface area contributed by atoms with Crippen LogP contribution in [0.2, 0.25) is 0 Å². The van der Waals surface area contributed by atoms with Crippen LogP contribution < -0.4 is 10.2 Å². The summed E-state index contributed by atoms with van der Waals surface area (Å²) < 4.78 is 52.4. The van der Waals surface area contributed by atoms with E-state index in [2.05, 4.69) is 25.5 Å². The molecular weight excluding hydrogens is 306 g/mol. The van der Waals surface area contributed by atoms with Gasteiger partial charge in [0.15, 0.2) is 11.5 Å². The van der Waals surface area contributed by atoms with Crippen molar-refractivity contribution in [2.24, 2.45) is 0 Å². The van der Waals surface area contributed by atoms with Gasteiger partial charge in [0.2, 0.25) is 5.95 Å². The van der Waals surface area contributed by atoms with Gasteiger partial charge in [-0.15, -0.1) is 0 Å². The number of aromatic amines is 1. The van der Waals surface area contributed by atoms with E-state index in [-0.39, 0.29) is 5.95 Å². The van der Waals surface area contributed by atoms with Crippen molar-refractivity contribution in [1.82, 2.24) is 30.7 Å². The van der Waals surface area contributed by atoms with Crippen LogP contribution in [0.25, 0.3) is 11.4 Å². The molecule has 3 rings (SSSR count). The van der Waals surface area contributed by atoms with Gasteiger partial charge in [-0.05, 0) is 0 Å². The van der Waals surface area contributed by atoms with E-state index in [0.29, 0.717) is 26.2 Å². The second kappa shape index (κ2) is 5.48. The highest BCUT2D eigenvalue weighted by molar-refractivity contribution is 5.59. The van der Waals surface area contributed by atoms with Crippen LogP contribution in [-0.2, 0) is 6.18 Å². The Kier molecular flexibility index (Phi) is 3.64. The molecule has 1 saturated heterocycles. The molecule has 0 aliphatic carbocycles. The molecule has 0 bridgehead atoms. The van der Waals surface area contributed by atoms with Crippen molar-refractivity contribution in [1.29, 1.82) is 0 Å². The van der Waals surface area contributed by atoms with Crippen molar-refractivity contribution in [3.63, 3.8) is 0 Å². The molecule has 118 valence electrons. The van der Waals surface area contributed by atoms with E-state index in [1.54, 1.807) is 4.90 Å². The van der Waals surface area contributed by atoms with Crippen LogP contribution in [0.3, 0.4) is 0 Å². The van der Waals surface area contributed by atoms with E-state index in [1.165, 1.54) is 0 Å². The standard InChI is InChI=1S/C11H11F4N7/c12-6-5-17-10(22-3-1-16-2-4-22)18-7(6)8-9(11(13,14)15)20-21-19-8/h5,16H,1-4H2,(H,19,20,21). The molecule has 11 heteroatoms. The molecule has 0 spiro atoms. The first kappa shape index (κ1) is 14.6. The summed E-state index contributed by atoms with van der Waals surface area (Å²) in [7, 11) is 0. The molecule has 0 aromatic carbocycles. The number of halogens is 4. The zero-order valence-corrected chi connectivity index (χ0v) is 11.2. The number of hydrogen-bond acceptors (Lipinski definition) is 6. The van der Waals surface area contributed by atoms with Crippen molar-refractivity contribution < 1.29 is 17.6 Å². The highest BCUT2D eigenvalue weighted by Crippen LogP contribution is 2.34. The number of nitrogens with zero attached hydrogens (tertiary/aromatic N) is 5. The van der Waals surface area contributed by atoms with E-state index in [0.717, 1.165) is 6.20 Å². The van der Waals surface area contributed by atoms with Crippen LogP contribution in [0, 0.1) is 5.82 Å². The first-order valence-electron chi connectivity index (χ1n) is 6.43. The van der Waals surface area contributed by atoms with Gasteiger partial charge >= 0.3 is 6.18 Å². The zero-order chi connectivity index (χ0) is 15.7. The lowest BCUT2D eigenvalue weighted by Crippen LogP contribution is -2.44. The largest absolute Gasteiger partial charge is 0.437 e. The Labute approximate surface area is 121 Å². The van der Waals surface area contributed by atoms with E-state index in [1.807, 2.05) is 5.21 Å². The van der Waals surface area contributed by atoms with Crippen molar-refractivity contribution in [2.45, 2.75) is 6.18 Å². The quantitative estimate of drug-likeness (QED) is 0.799. The van der Waals surface area contributed by atoms with Gasteiger partial charge in [0.05, 0.1) is 6.20 Å². The van der Waals surface area contributed by atoms with Crippen LogP contribution in [0.1, 0.15) is 5.69 Å². The van der Waals surface area contributed by atoms with E-state index in [9.17, 15) is 17.6 Å². The van der Waals surface area contributed by atoms with E-state index in [4.69, 9.17) is 0 Å². The Bertz CT molecular complexity index is 663. The van der Waals surface area contributed by atoms with Gasteiger partial charge in [0.1, 0.15) is 11.4 Å². The maximum Gasteiger partial charge on any atom is 0.437 e. The first-order valence-corrected chi connectivity index (χ1v) is 6.43. The smallest absolute Gasteiger partial charge is 0.338 e. The Morgan fingerprint density at radius 2 is 1.82 bits per heavy atom. The van der Waals surface area contributed by atoms with Gasteiger partial charge in [0.25, 0.3) is 0 Å². The number of piperazine rings is 1. The summed E-state index contributed by atoms with van der Waals surface area (Å²) in [5.74, 6) is -0.827. The molecule has 0 saturated carbocycles. The summed E-state index contributed by atoms with van der Waals surface area (Å²) in [6, 6.07) is 0. The second-order valence-electron chi connectivity index (χ2n) is 4.62. The van der Waals surface area contributed by atoms with Crippen molar-refractivity contribution in [3.05, 3.63) is 17.7 Å². The molecule has 2 N–H and O–H groups in total. The molecule has 1 aliphatic rings.